The number of carbonyl (C=O) groups is 1. The van der Waals surface area contributed by atoms with Crippen LogP contribution in [-0.2, 0) is 17.6 Å². The molecule has 0 radical (unpaired) electrons. The van der Waals surface area contributed by atoms with E-state index >= 15 is 0 Å². The van der Waals surface area contributed by atoms with Crippen molar-refractivity contribution in [2.45, 2.75) is 44.4 Å². The molecule has 17 heavy (non-hydrogen) atoms. The second kappa shape index (κ2) is 4.69. The van der Waals surface area contributed by atoms with Crippen LogP contribution < -0.4 is 5.32 Å². The summed E-state index contributed by atoms with van der Waals surface area (Å²) in [6.45, 7) is 4.19. The van der Waals surface area contributed by atoms with Gasteiger partial charge in [-0.05, 0) is 36.8 Å². The molecule has 0 bridgehead atoms. The maximum atomic E-state index is 12.0. The minimum Gasteiger partial charge on any atom is -0.324 e. The van der Waals surface area contributed by atoms with E-state index < -0.39 is 4.87 Å². The van der Waals surface area contributed by atoms with Crippen LogP contribution in [0.1, 0.15) is 37.8 Å². The number of benzene rings is 1. The van der Waals surface area contributed by atoms with E-state index in [-0.39, 0.29) is 5.91 Å². The molecular weight excluding hydrogens is 234 g/mol. The lowest BCUT2D eigenvalue weighted by Gasteiger charge is -2.16. The number of nitrogens with one attached hydrogen (secondary N) is 1. The van der Waals surface area contributed by atoms with Crippen molar-refractivity contribution in [1.29, 1.82) is 0 Å². The molecule has 0 atom stereocenters. The molecule has 0 aromatic heterocycles. The van der Waals surface area contributed by atoms with E-state index in [1.165, 1.54) is 11.1 Å². The molecule has 0 aliphatic heterocycles. The zero-order chi connectivity index (χ0) is 12.5. The van der Waals surface area contributed by atoms with E-state index in [9.17, 15) is 4.79 Å². The zero-order valence-electron chi connectivity index (χ0n) is 10.3. The second-order valence-electron chi connectivity index (χ2n) is 4.58. The van der Waals surface area contributed by atoms with Gasteiger partial charge >= 0.3 is 0 Å². The Bertz CT molecular complexity index is 416. The molecule has 1 fully saturated rings. The van der Waals surface area contributed by atoms with E-state index in [2.05, 4.69) is 31.3 Å². The van der Waals surface area contributed by atoms with E-state index in [0.717, 1.165) is 31.4 Å². The Hall–Kier alpha value is -1.02. The van der Waals surface area contributed by atoms with Crippen molar-refractivity contribution in [3.63, 3.8) is 0 Å². The molecule has 1 amide bonds. The summed E-state index contributed by atoms with van der Waals surface area (Å²) in [7, 11) is 0. The lowest BCUT2D eigenvalue weighted by molar-refractivity contribution is -0.116. The molecule has 1 aromatic rings. The topological polar surface area (TPSA) is 29.1 Å². The second-order valence-corrected chi connectivity index (χ2v) is 5.30. The number of hydrogen-bond donors (Lipinski definition) is 1. The average Bonchev–Trinajstić information content (AvgIpc) is 3.09. The molecule has 0 unspecified atom stereocenters. The highest BCUT2D eigenvalue weighted by atomic mass is 35.5. The summed E-state index contributed by atoms with van der Waals surface area (Å²) in [5.74, 6) is -0.0465. The van der Waals surface area contributed by atoms with E-state index in [4.69, 9.17) is 11.6 Å². The summed E-state index contributed by atoms with van der Waals surface area (Å²) in [5, 5.41) is 3.01. The maximum Gasteiger partial charge on any atom is 0.245 e. The lowest BCUT2D eigenvalue weighted by Crippen LogP contribution is -2.25. The fraction of sp³-hybridized carbons (Fsp3) is 0.500. The number of halogens is 1. The van der Waals surface area contributed by atoms with Crippen molar-refractivity contribution in [3.8, 4) is 0 Å². The summed E-state index contributed by atoms with van der Waals surface area (Å²) in [5.41, 5.74) is 3.33. The van der Waals surface area contributed by atoms with Crippen LogP contribution in [0.5, 0.6) is 0 Å². The first-order valence-corrected chi connectivity index (χ1v) is 6.59. The van der Waals surface area contributed by atoms with Gasteiger partial charge in [0.25, 0.3) is 0 Å². The zero-order valence-corrected chi connectivity index (χ0v) is 11.1. The molecule has 92 valence electrons. The Morgan fingerprint density at radius 2 is 1.82 bits per heavy atom. The molecule has 0 saturated heterocycles. The van der Waals surface area contributed by atoms with Crippen LogP contribution in [0.3, 0.4) is 0 Å². The van der Waals surface area contributed by atoms with Crippen molar-refractivity contribution >= 4 is 23.2 Å². The van der Waals surface area contributed by atoms with Crippen molar-refractivity contribution < 1.29 is 4.79 Å². The van der Waals surface area contributed by atoms with Gasteiger partial charge in [-0.1, -0.05) is 32.0 Å². The van der Waals surface area contributed by atoms with Gasteiger partial charge in [0.15, 0.2) is 0 Å². The molecule has 2 nitrogen and oxygen atoms in total. The third kappa shape index (κ3) is 2.47. The highest BCUT2D eigenvalue weighted by molar-refractivity contribution is 6.38. The first kappa shape index (κ1) is 12.4. The van der Waals surface area contributed by atoms with Gasteiger partial charge in [0.1, 0.15) is 4.87 Å². The van der Waals surface area contributed by atoms with Gasteiger partial charge in [0.05, 0.1) is 0 Å². The Morgan fingerprint density at radius 3 is 2.24 bits per heavy atom. The van der Waals surface area contributed by atoms with Crippen LogP contribution in [0.25, 0.3) is 0 Å². The average molecular weight is 252 g/mol. The Kier molecular flexibility index (Phi) is 3.43. The highest BCUT2D eigenvalue weighted by Crippen LogP contribution is 2.43. The van der Waals surface area contributed by atoms with Crippen LogP contribution in [-0.4, -0.2) is 10.8 Å². The predicted molar refractivity (Wildman–Crippen MR) is 71.6 cm³/mol. The summed E-state index contributed by atoms with van der Waals surface area (Å²) in [4.78, 5) is 11.4. The SMILES string of the molecule is CCc1cccc(CC)c1NC(=O)C1(Cl)CC1. The first-order chi connectivity index (χ1) is 8.10. The summed E-state index contributed by atoms with van der Waals surface area (Å²) in [6, 6.07) is 6.16. The van der Waals surface area contributed by atoms with Crippen molar-refractivity contribution in [2.75, 3.05) is 5.32 Å². The third-order valence-corrected chi connectivity index (χ3v) is 3.88. The number of carbonyl (C=O) groups excluding carboxylic acids is 1. The quantitative estimate of drug-likeness (QED) is 0.815. The van der Waals surface area contributed by atoms with Gasteiger partial charge < -0.3 is 5.32 Å². The molecule has 3 heteroatoms. The van der Waals surface area contributed by atoms with Crippen LogP contribution in [0, 0.1) is 0 Å². The summed E-state index contributed by atoms with van der Waals surface area (Å²) >= 11 is 6.12. The number of para-hydroxylation sites is 1. The van der Waals surface area contributed by atoms with Gasteiger partial charge in [-0.15, -0.1) is 11.6 Å². The molecular formula is C14H18ClNO. The highest BCUT2D eigenvalue weighted by Gasteiger charge is 2.48. The number of amides is 1. The van der Waals surface area contributed by atoms with Crippen LogP contribution in [0.4, 0.5) is 5.69 Å². The van der Waals surface area contributed by atoms with Gasteiger partial charge in [-0.2, -0.15) is 0 Å². The minimum absolute atomic E-state index is 0.0465. The minimum atomic E-state index is -0.633. The number of anilines is 1. The predicted octanol–water partition coefficient (Wildman–Crippen LogP) is 3.52. The number of aryl methyl sites for hydroxylation is 2. The monoisotopic (exact) mass is 251 g/mol. The fourth-order valence-electron chi connectivity index (χ4n) is 1.97. The lowest BCUT2D eigenvalue weighted by atomic mass is 10.0. The van der Waals surface area contributed by atoms with Gasteiger partial charge in [0.2, 0.25) is 5.91 Å². The molecule has 1 N–H and O–H groups in total. The molecule has 2 rings (SSSR count). The molecule has 0 spiro atoms. The number of rotatable bonds is 4. The number of hydrogen-bond acceptors (Lipinski definition) is 1. The van der Waals surface area contributed by atoms with E-state index in [1.807, 2.05) is 6.07 Å². The normalized spacial score (nSPS) is 16.6. The number of alkyl halides is 1. The fourth-order valence-corrected chi connectivity index (χ4v) is 2.11. The van der Waals surface area contributed by atoms with Crippen LogP contribution >= 0.6 is 11.6 Å². The standard InChI is InChI=1S/C14H18ClNO/c1-3-10-6-5-7-11(4-2)12(10)16-13(17)14(15)8-9-14/h5-7H,3-4,8-9H2,1-2H3,(H,16,17). The molecule has 1 aliphatic carbocycles. The Morgan fingerprint density at radius 1 is 1.29 bits per heavy atom. The molecule has 1 aromatic carbocycles. The van der Waals surface area contributed by atoms with Crippen LogP contribution in [0.2, 0.25) is 0 Å². The first-order valence-electron chi connectivity index (χ1n) is 6.22. The molecule has 1 aliphatic rings. The largest absolute Gasteiger partial charge is 0.324 e. The van der Waals surface area contributed by atoms with Crippen molar-refractivity contribution in [2.24, 2.45) is 0 Å². The maximum absolute atomic E-state index is 12.0. The Balaban J connectivity index is 2.26. The van der Waals surface area contributed by atoms with Crippen LogP contribution in [0.15, 0.2) is 18.2 Å². The Labute approximate surface area is 107 Å². The molecule has 1 saturated carbocycles. The smallest absolute Gasteiger partial charge is 0.245 e. The third-order valence-electron chi connectivity index (χ3n) is 3.33. The van der Waals surface area contributed by atoms with Gasteiger partial charge in [-0.25, -0.2) is 0 Å². The van der Waals surface area contributed by atoms with Gasteiger partial charge in [0, 0.05) is 5.69 Å². The van der Waals surface area contributed by atoms with Crippen molar-refractivity contribution in [3.05, 3.63) is 29.3 Å². The van der Waals surface area contributed by atoms with Crippen molar-refractivity contribution in [1.82, 2.24) is 0 Å². The van der Waals surface area contributed by atoms with E-state index in [1.54, 1.807) is 0 Å². The van der Waals surface area contributed by atoms with E-state index in [0.29, 0.717) is 0 Å². The van der Waals surface area contributed by atoms with Gasteiger partial charge in [-0.3, -0.25) is 4.79 Å². The summed E-state index contributed by atoms with van der Waals surface area (Å²) < 4.78 is 0. The molecule has 0 heterocycles. The summed E-state index contributed by atoms with van der Waals surface area (Å²) in [6.07, 6.45) is 3.41.